The first-order valence-electron chi connectivity index (χ1n) is 14.3. The molecule has 2 heterocycles. The average Bonchev–Trinajstić information content (AvgIpc) is 3.29. The van der Waals surface area contributed by atoms with Gasteiger partial charge in [-0.25, -0.2) is 0 Å². The molecule has 0 aliphatic rings. The molecule has 42 heavy (non-hydrogen) atoms. The van der Waals surface area contributed by atoms with E-state index in [0.29, 0.717) is 46.9 Å². The molecule has 2 aromatic carbocycles. The van der Waals surface area contributed by atoms with Crippen LogP contribution in [0.4, 0.5) is 17.5 Å². The van der Waals surface area contributed by atoms with Gasteiger partial charge in [-0.05, 0) is 75.8 Å². The second kappa shape index (κ2) is 13.2. The van der Waals surface area contributed by atoms with Crippen LogP contribution in [0.3, 0.4) is 0 Å². The minimum atomic E-state index is -0.512. The molecule has 0 saturated carbocycles. The van der Waals surface area contributed by atoms with Crippen molar-refractivity contribution in [3.05, 3.63) is 75.5 Å². The minimum absolute atomic E-state index is 0.262. The summed E-state index contributed by atoms with van der Waals surface area (Å²) in [6.45, 7) is 15.1. The molecule has 2 aromatic heterocycles. The lowest BCUT2D eigenvalue weighted by atomic mass is 9.96. The maximum Gasteiger partial charge on any atom is 0.274 e. The molecule has 0 bridgehead atoms. The summed E-state index contributed by atoms with van der Waals surface area (Å²) in [5.41, 5.74) is 9.51. The number of furan rings is 1. The van der Waals surface area contributed by atoms with Crippen LogP contribution in [-0.4, -0.2) is 34.9 Å². The first-order valence-corrected chi connectivity index (χ1v) is 14.7. The molecule has 4 aromatic rings. The predicted octanol–water partition coefficient (Wildman–Crippen LogP) is 6.85. The van der Waals surface area contributed by atoms with Gasteiger partial charge in [-0.3, -0.25) is 20.4 Å². The van der Waals surface area contributed by atoms with Gasteiger partial charge in [0.1, 0.15) is 11.6 Å². The lowest BCUT2D eigenvalue weighted by Gasteiger charge is -2.21. The van der Waals surface area contributed by atoms with Crippen LogP contribution in [0.15, 0.2) is 46.9 Å². The quantitative estimate of drug-likeness (QED) is 0.173. The topological polar surface area (TPSA) is 112 Å². The summed E-state index contributed by atoms with van der Waals surface area (Å²) in [4.78, 5) is 37.8. The number of anilines is 3. The number of benzene rings is 2. The monoisotopic (exact) mass is 590 g/mol. The summed E-state index contributed by atoms with van der Waals surface area (Å²) >= 11 is 6.21. The van der Waals surface area contributed by atoms with Crippen LogP contribution in [0, 0.1) is 19.8 Å². The van der Waals surface area contributed by atoms with Crippen LogP contribution in [0.2, 0.25) is 5.02 Å². The molecule has 9 nitrogen and oxygen atoms in total. The molecule has 0 fully saturated rings. The Morgan fingerprint density at radius 3 is 2.31 bits per heavy atom. The molecule has 2 amide bonds. The van der Waals surface area contributed by atoms with Gasteiger partial charge in [0, 0.05) is 23.8 Å². The van der Waals surface area contributed by atoms with E-state index in [9.17, 15) is 9.59 Å². The van der Waals surface area contributed by atoms with E-state index in [4.69, 9.17) is 21.0 Å². The van der Waals surface area contributed by atoms with E-state index in [-0.39, 0.29) is 17.2 Å². The molecular formula is C32H39ClN6O3. The molecule has 0 aliphatic carbocycles. The number of hydrogen-bond acceptors (Lipinski definition) is 7. The van der Waals surface area contributed by atoms with Crippen molar-refractivity contribution in [1.82, 2.24) is 20.8 Å². The number of hydrogen-bond donors (Lipinski definition) is 3. The second-order valence-corrected chi connectivity index (χ2v) is 11.3. The standard InChI is InChI=1S/C32H39ClN6O3/c1-8-39(9-2)28-27-26(21(7)42-31(27)36-32(35-28)34-25-17-24(33)15-10-19(25)5)30(41)38-37-29(40)20(6)23-13-11-22(12-14-23)16-18(3)4/h10-15,17-18,20H,8-9,16H2,1-7H3,(H,37,40)(H,38,41)(H,34,35,36). The van der Waals surface area contributed by atoms with Crippen molar-refractivity contribution in [3.8, 4) is 0 Å². The lowest BCUT2D eigenvalue weighted by molar-refractivity contribution is -0.123. The summed E-state index contributed by atoms with van der Waals surface area (Å²) in [7, 11) is 0. The van der Waals surface area contributed by atoms with E-state index >= 15 is 0 Å². The van der Waals surface area contributed by atoms with Crippen molar-refractivity contribution in [3.63, 3.8) is 0 Å². The minimum Gasteiger partial charge on any atom is -0.442 e. The summed E-state index contributed by atoms with van der Waals surface area (Å²) in [5.74, 6) is 0.490. The van der Waals surface area contributed by atoms with Crippen LogP contribution in [-0.2, 0) is 11.2 Å². The Labute approximate surface area is 252 Å². The number of aryl methyl sites for hydroxylation is 2. The van der Waals surface area contributed by atoms with Crippen LogP contribution >= 0.6 is 11.6 Å². The van der Waals surface area contributed by atoms with E-state index in [1.54, 1.807) is 19.9 Å². The first-order chi connectivity index (χ1) is 20.0. The van der Waals surface area contributed by atoms with Gasteiger partial charge in [-0.15, -0.1) is 0 Å². The van der Waals surface area contributed by atoms with E-state index in [1.807, 2.05) is 62.1 Å². The van der Waals surface area contributed by atoms with Gasteiger partial charge >= 0.3 is 0 Å². The fourth-order valence-electron chi connectivity index (χ4n) is 4.88. The number of halogens is 1. The van der Waals surface area contributed by atoms with Gasteiger partial charge in [-0.1, -0.05) is 55.8 Å². The van der Waals surface area contributed by atoms with Crippen molar-refractivity contribution in [2.24, 2.45) is 5.92 Å². The van der Waals surface area contributed by atoms with E-state index in [0.717, 1.165) is 23.2 Å². The number of nitrogens with one attached hydrogen (secondary N) is 3. The molecule has 3 N–H and O–H groups in total. The number of rotatable bonds is 10. The second-order valence-electron chi connectivity index (χ2n) is 10.8. The maximum atomic E-state index is 13.5. The number of aromatic nitrogens is 2. The number of nitrogens with zero attached hydrogens (tertiary/aromatic N) is 3. The summed E-state index contributed by atoms with van der Waals surface area (Å²) < 4.78 is 5.98. The van der Waals surface area contributed by atoms with Gasteiger partial charge in [0.2, 0.25) is 17.6 Å². The number of amides is 2. The number of carbonyl (C=O) groups excluding carboxylic acids is 2. The largest absolute Gasteiger partial charge is 0.442 e. The normalized spacial score (nSPS) is 11.9. The molecule has 1 unspecified atom stereocenters. The van der Waals surface area contributed by atoms with Crippen molar-refractivity contribution in [2.75, 3.05) is 23.3 Å². The Bertz CT molecular complexity index is 1580. The zero-order valence-corrected chi connectivity index (χ0v) is 26.0. The molecule has 0 spiro atoms. The van der Waals surface area contributed by atoms with Crippen molar-refractivity contribution in [2.45, 2.75) is 60.8 Å². The van der Waals surface area contributed by atoms with Gasteiger partial charge in [-0.2, -0.15) is 9.97 Å². The highest BCUT2D eigenvalue weighted by molar-refractivity contribution is 6.30. The molecule has 1 atom stereocenters. The summed E-state index contributed by atoms with van der Waals surface area (Å²) in [6, 6.07) is 13.5. The number of hydrazine groups is 1. The summed E-state index contributed by atoms with van der Waals surface area (Å²) in [6.07, 6.45) is 0.978. The van der Waals surface area contributed by atoms with Crippen LogP contribution in [0.5, 0.6) is 0 Å². The van der Waals surface area contributed by atoms with E-state index in [2.05, 4.69) is 35.0 Å². The predicted molar refractivity (Wildman–Crippen MR) is 169 cm³/mol. The fourth-order valence-corrected chi connectivity index (χ4v) is 5.05. The highest BCUT2D eigenvalue weighted by atomic mass is 35.5. The highest BCUT2D eigenvalue weighted by Crippen LogP contribution is 2.34. The molecular weight excluding hydrogens is 552 g/mol. The molecule has 0 radical (unpaired) electrons. The SMILES string of the molecule is CCN(CC)c1nc(Nc2cc(Cl)ccc2C)nc2oc(C)c(C(=O)NNC(=O)C(C)c3ccc(CC(C)C)cc3)c12. The van der Waals surface area contributed by atoms with E-state index in [1.165, 1.54) is 5.56 Å². The van der Waals surface area contributed by atoms with Gasteiger partial charge in [0.25, 0.3) is 5.91 Å². The number of carbonyl (C=O) groups is 2. The Hall–Kier alpha value is -4.11. The van der Waals surface area contributed by atoms with Gasteiger partial charge in [0.05, 0.1) is 16.9 Å². The maximum absolute atomic E-state index is 13.5. The zero-order valence-electron chi connectivity index (χ0n) is 25.3. The first kappa shape index (κ1) is 30.8. The molecule has 4 rings (SSSR count). The summed E-state index contributed by atoms with van der Waals surface area (Å²) in [5, 5.41) is 4.30. The Morgan fingerprint density at radius 1 is 0.976 bits per heavy atom. The average molecular weight is 591 g/mol. The van der Waals surface area contributed by atoms with Crippen LogP contribution < -0.4 is 21.1 Å². The third-order valence-electron chi connectivity index (χ3n) is 7.26. The van der Waals surface area contributed by atoms with Crippen LogP contribution in [0.1, 0.15) is 73.3 Å². The lowest BCUT2D eigenvalue weighted by Crippen LogP contribution is -2.43. The fraction of sp³-hybridized carbons (Fsp3) is 0.375. The van der Waals surface area contributed by atoms with Crippen molar-refractivity contribution < 1.29 is 14.0 Å². The Balaban J connectivity index is 1.59. The van der Waals surface area contributed by atoms with Crippen molar-refractivity contribution in [1.29, 1.82) is 0 Å². The Morgan fingerprint density at radius 2 is 1.67 bits per heavy atom. The van der Waals surface area contributed by atoms with E-state index < -0.39 is 11.8 Å². The zero-order chi connectivity index (χ0) is 30.6. The molecule has 10 heteroatoms. The highest BCUT2D eigenvalue weighted by Gasteiger charge is 2.27. The third-order valence-corrected chi connectivity index (χ3v) is 7.50. The molecule has 0 saturated heterocycles. The Kier molecular flexibility index (Phi) is 9.73. The smallest absolute Gasteiger partial charge is 0.274 e. The number of fused-ring (bicyclic) bond motifs is 1. The molecule has 0 aliphatic heterocycles. The third kappa shape index (κ3) is 6.85. The van der Waals surface area contributed by atoms with Gasteiger partial charge < -0.3 is 14.6 Å². The van der Waals surface area contributed by atoms with Crippen LogP contribution in [0.25, 0.3) is 11.1 Å². The van der Waals surface area contributed by atoms with Crippen molar-refractivity contribution >= 4 is 52.0 Å². The molecule has 222 valence electrons. The van der Waals surface area contributed by atoms with Gasteiger partial charge in [0.15, 0.2) is 0 Å².